The lowest BCUT2D eigenvalue weighted by atomic mass is 10.1. The molecule has 2 N–H and O–H groups in total. The van der Waals surface area contributed by atoms with Gasteiger partial charge in [-0.25, -0.2) is 0 Å². The zero-order valence-electron chi connectivity index (χ0n) is 13.4. The summed E-state index contributed by atoms with van der Waals surface area (Å²) in [5.41, 5.74) is 8.06. The van der Waals surface area contributed by atoms with Crippen LogP contribution in [0.25, 0.3) is 0 Å². The number of carbonyl (C=O) groups is 1. The highest BCUT2D eigenvalue weighted by Gasteiger charge is 2.23. The van der Waals surface area contributed by atoms with Crippen LogP contribution in [0.4, 0.5) is 11.5 Å². The number of halogens is 2. The predicted octanol–water partition coefficient (Wildman–Crippen LogP) is 2.17. The Labute approximate surface area is 153 Å². The first-order valence-corrected chi connectivity index (χ1v) is 7.33. The van der Waals surface area contributed by atoms with Crippen LogP contribution in [0.15, 0.2) is 36.5 Å². The summed E-state index contributed by atoms with van der Waals surface area (Å²) in [5.74, 6) is 0.901. The van der Waals surface area contributed by atoms with E-state index in [1.54, 1.807) is 12.3 Å². The first-order chi connectivity index (χ1) is 10.6. The molecule has 0 atom stereocenters. The molecule has 0 spiro atoms. The molecule has 1 aromatic heterocycles. The number of benzene rings is 1. The smallest absolute Gasteiger partial charge is 0.254 e. The number of aryl methyl sites for hydroxylation is 1. The van der Waals surface area contributed by atoms with E-state index in [-0.39, 0.29) is 30.7 Å². The minimum absolute atomic E-state index is 0. The topological polar surface area (TPSA) is 75.4 Å². The molecule has 1 saturated heterocycles. The second-order valence-corrected chi connectivity index (χ2v) is 5.44. The highest BCUT2D eigenvalue weighted by molar-refractivity contribution is 5.96. The molecule has 2 aromatic rings. The summed E-state index contributed by atoms with van der Waals surface area (Å²) in [7, 11) is 0. The number of nitrogens with two attached hydrogens (primary N) is 1. The van der Waals surface area contributed by atoms with Crippen LogP contribution in [0.3, 0.4) is 0 Å². The molecule has 1 aromatic carbocycles. The summed E-state index contributed by atoms with van der Waals surface area (Å²) >= 11 is 0. The molecule has 8 heteroatoms. The second kappa shape index (κ2) is 8.70. The van der Waals surface area contributed by atoms with Crippen LogP contribution in [0.1, 0.15) is 15.9 Å². The minimum atomic E-state index is 0. The van der Waals surface area contributed by atoms with Gasteiger partial charge in [0.1, 0.15) is 0 Å². The van der Waals surface area contributed by atoms with Gasteiger partial charge in [0.25, 0.3) is 5.91 Å². The maximum atomic E-state index is 12.6. The van der Waals surface area contributed by atoms with Gasteiger partial charge in [0.05, 0.1) is 0 Å². The van der Waals surface area contributed by atoms with Crippen molar-refractivity contribution in [3.63, 3.8) is 0 Å². The van der Waals surface area contributed by atoms with Gasteiger partial charge in [-0.05, 0) is 36.8 Å². The number of rotatable bonds is 2. The van der Waals surface area contributed by atoms with Gasteiger partial charge >= 0.3 is 0 Å². The van der Waals surface area contributed by atoms with Crippen molar-refractivity contribution in [2.75, 3.05) is 36.8 Å². The van der Waals surface area contributed by atoms with Gasteiger partial charge in [-0.1, -0.05) is 6.07 Å². The molecule has 24 heavy (non-hydrogen) atoms. The molecule has 0 aliphatic carbocycles. The van der Waals surface area contributed by atoms with E-state index in [1.807, 2.05) is 36.1 Å². The van der Waals surface area contributed by atoms with Crippen molar-refractivity contribution in [1.82, 2.24) is 15.1 Å². The fourth-order valence-electron chi connectivity index (χ4n) is 2.64. The molecule has 3 rings (SSSR count). The normalized spacial score (nSPS) is 13.7. The summed E-state index contributed by atoms with van der Waals surface area (Å²) < 4.78 is 0. The lowest BCUT2D eigenvalue weighted by molar-refractivity contribution is 0.0746. The number of carbonyl (C=O) groups excluding carboxylic acids is 1. The predicted molar refractivity (Wildman–Crippen MR) is 100 cm³/mol. The number of hydrogen-bond donors (Lipinski definition) is 1. The summed E-state index contributed by atoms with van der Waals surface area (Å²) in [4.78, 5) is 16.7. The Morgan fingerprint density at radius 1 is 1.12 bits per heavy atom. The van der Waals surface area contributed by atoms with E-state index >= 15 is 0 Å². The molecule has 6 nitrogen and oxygen atoms in total. The number of hydrogen-bond acceptors (Lipinski definition) is 5. The quantitative estimate of drug-likeness (QED) is 0.821. The minimum Gasteiger partial charge on any atom is -0.399 e. The Morgan fingerprint density at radius 2 is 1.83 bits per heavy atom. The summed E-state index contributed by atoms with van der Waals surface area (Å²) in [5, 5.41) is 8.01. The van der Waals surface area contributed by atoms with Gasteiger partial charge in [-0.15, -0.1) is 29.9 Å². The lowest BCUT2D eigenvalue weighted by Gasteiger charge is -2.35. The van der Waals surface area contributed by atoms with E-state index in [9.17, 15) is 4.79 Å². The molecular weight excluding hydrogens is 349 g/mol. The van der Waals surface area contributed by atoms with Crippen LogP contribution in [-0.2, 0) is 0 Å². The zero-order valence-corrected chi connectivity index (χ0v) is 15.0. The molecule has 1 amide bonds. The number of aromatic nitrogens is 2. The number of nitrogens with zero attached hydrogens (tertiary/aromatic N) is 4. The van der Waals surface area contributed by atoms with Crippen LogP contribution in [0.2, 0.25) is 0 Å². The molecule has 0 unspecified atom stereocenters. The largest absolute Gasteiger partial charge is 0.399 e. The summed E-state index contributed by atoms with van der Waals surface area (Å²) in [6.07, 6.45) is 1.66. The molecule has 0 radical (unpaired) electrons. The van der Waals surface area contributed by atoms with Gasteiger partial charge in [0.2, 0.25) is 0 Å². The third-order valence-corrected chi connectivity index (χ3v) is 3.94. The Kier molecular flexibility index (Phi) is 7.25. The van der Waals surface area contributed by atoms with Crippen LogP contribution < -0.4 is 10.6 Å². The van der Waals surface area contributed by atoms with E-state index in [0.717, 1.165) is 24.5 Å². The van der Waals surface area contributed by atoms with Crippen molar-refractivity contribution in [2.24, 2.45) is 0 Å². The van der Waals surface area contributed by atoms with Gasteiger partial charge in [-0.2, -0.15) is 5.10 Å². The summed E-state index contributed by atoms with van der Waals surface area (Å²) in [6.45, 7) is 4.79. The average Bonchev–Trinajstić information content (AvgIpc) is 2.57. The number of piperazine rings is 1. The second-order valence-electron chi connectivity index (χ2n) is 5.44. The maximum absolute atomic E-state index is 12.6. The number of nitrogen functional groups attached to an aromatic ring is 1. The van der Waals surface area contributed by atoms with Gasteiger partial charge in [-0.3, -0.25) is 4.79 Å². The molecule has 1 aliphatic rings. The van der Waals surface area contributed by atoms with Crippen molar-refractivity contribution in [2.45, 2.75) is 6.92 Å². The fourth-order valence-corrected chi connectivity index (χ4v) is 2.64. The molecule has 0 bridgehead atoms. The van der Waals surface area contributed by atoms with Crippen molar-refractivity contribution in [1.29, 1.82) is 0 Å². The van der Waals surface area contributed by atoms with Crippen molar-refractivity contribution in [3.05, 3.63) is 47.7 Å². The van der Waals surface area contributed by atoms with E-state index < -0.39 is 0 Å². The Balaban J connectivity index is 0.00000144. The van der Waals surface area contributed by atoms with Crippen molar-refractivity contribution < 1.29 is 4.79 Å². The van der Waals surface area contributed by atoms with E-state index in [4.69, 9.17) is 5.73 Å². The Hall–Kier alpha value is -2.05. The molecule has 2 heterocycles. The average molecular weight is 370 g/mol. The third-order valence-electron chi connectivity index (χ3n) is 3.94. The molecule has 130 valence electrons. The Bertz CT molecular complexity index is 675. The summed E-state index contributed by atoms with van der Waals surface area (Å²) in [6, 6.07) is 9.27. The van der Waals surface area contributed by atoms with Crippen LogP contribution in [-0.4, -0.2) is 47.2 Å². The molecule has 1 fully saturated rings. The maximum Gasteiger partial charge on any atom is 0.254 e. The van der Waals surface area contributed by atoms with Crippen LogP contribution in [0, 0.1) is 6.92 Å². The van der Waals surface area contributed by atoms with E-state index in [2.05, 4.69) is 15.1 Å². The first kappa shape index (κ1) is 20.0. The van der Waals surface area contributed by atoms with Crippen LogP contribution in [0.5, 0.6) is 0 Å². The van der Waals surface area contributed by atoms with Crippen molar-refractivity contribution >= 4 is 42.2 Å². The zero-order chi connectivity index (χ0) is 15.5. The third kappa shape index (κ3) is 4.27. The highest BCUT2D eigenvalue weighted by Crippen LogP contribution is 2.18. The molecule has 1 aliphatic heterocycles. The van der Waals surface area contributed by atoms with Gasteiger partial charge in [0, 0.05) is 43.6 Å². The highest BCUT2D eigenvalue weighted by atomic mass is 35.5. The standard InChI is InChI=1S/C16H19N5O.2ClH/c1-12-4-5-13(17)11-14(12)16(22)21-9-7-20(8-10-21)15-3-2-6-18-19-15;;/h2-6,11H,7-10,17H2,1H3;2*1H. The molecular formula is C16H21Cl2N5O. The lowest BCUT2D eigenvalue weighted by Crippen LogP contribution is -2.49. The Morgan fingerprint density at radius 3 is 2.46 bits per heavy atom. The van der Waals surface area contributed by atoms with Crippen LogP contribution >= 0.6 is 24.8 Å². The monoisotopic (exact) mass is 369 g/mol. The van der Waals surface area contributed by atoms with Gasteiger partial charge in [0.15, 0.2) is 5.82 Å². The van der Waals surface area contributed by atoms with E-state index in [0.29, 0.717) is 24.3 Å². The number of anilines is 2. The van der Waals surface area contributed by atoms with E-state index in [1.165, 1.54) is 0 Å². The van der Waals surface area contributed by atoms with Crippen molar-refractivity contribution in [3.8, 4) is 0 Å². The first-order valence-electron chi connectivity index (χ1n) is 7.33. The molecule has 0 saturated carbocycles. The van der Waals surface area contributed by atoms with Gasteiger partial charge < -0.3 is 15.5 Å². The SMILES string of the molecule is Cc1ccc(N)cc1C(=O)N1CCN(c2cccnn2)CC1.Cl.Cl. The number of amides is 1. The fraction of sp³-hybridized carbons (Fsp3) is 0.312.